The number of anilines is 2. The van der Waals surface area contributed by atoms with Crippen LogP contribution in [0.25, 0.3) is 0 Å². The zero-order chi connectivity index (χ0) is 41.8. The lowest BCUT2D eigenvalue weighted by molar-refractivity contribution is -0.456. The van der Waals surface area contributed by atoms with Gasteiger partial charge in [0.05, 0.1) is 0 Å². The number of nitrogen functional groups attached to an aromatic ring is 2. The number of nitrogens with two attached hydrogens (primary N) is 2. The fraction of sp³-hybridized carbons (Fsp3) is 0.667. The zero-order valence-electron chi connectivity index (χ0n) is 29.9. The van der Waals surface area contributed by atoms with E-state index < -0.39 is 81.2 Å². The van der Waals surface area contributed by atoms with Crippen LogP contribution in [0, 0.1) is 0 Å². The molecule has 18 heteroatoms. The Kier molecular flexibility index (Phi) is 10.3. The van der Waals surface area contributed by atoms with E-state index in [0.717, 1.165) is 0 Å². The van der Waals surface area contributed by atoms with Crippen LogP contribution in [0.2, 0.25) is 0 Å². The van der Waals surface area contributed by atoms with Crippen LogP contribution in [0.15, 0.2) is 24.3 Å². The summed E-state index contributed by atoms with van der Waals surface area (Å²) in [6.07, 6.45) is 1.93. The molecule has 2 aromatic rings. The molecule has 0 unspecified atom stereocenters. The van der Waals surface area contributed by atoms with Gasteiger partial charge in [0, 0.05) is 22.5 Å². The van der Waals surface area contributed by atoms with E-state index in [1.54, 1.807) is 0 Å². The summed E-state index contributed by atoms with van der Waals surface area (Å²) in [7, 11) is 0. The third-order valence-electron chi connectivity index (χ3n) is 10.6. The van der Waals surface area contributed by atoms with Crippen molar-refractivity contribution in [3.8, 4) is 0 Å². The molecule has 54 heavy (non-hydrogen) atoms. The summed E-state index contributed by atoms with van der Waals surface area (Å²) in [5.41, 5.74) is 3.25. The summed E-state index contributed by atoms with van der Waals surface area (Å²) in [6, 6.07) is 0.567. The lowest BCUT2D eigenvalue weighted by atomic mass is 9.74. The molecule has 2 saturated carbocycles. The summed E-state index contributed by atoms with van der Waals surface area (Å²) in [5, 5.41) is 0. The molecular formula is C36H40F16N2. The Bertz CT molecular complexity index is 1620. The van der Waals surface area contributed by atoms with Crippen molar-refractivity contribution in [2.24, 2.45) is 0 Å². The number of halogens is 16. The molecule has 0 radical (unpaired) electrons. The highest BCUT2D eigenvalue weighted by atomic mass is 19.4. The number of benzene rings is 2. The van der Waals surface area contributed by atoms with E-state index in [2.05, 4.69) is 0 Å². The molecule has 4 rings (SSSR count). The molecule has 0 aromatic heterocycles. The second-order valence-electron chi connectivity index (χ2n) is 16.4. The van der Waals surface area contributed by atoms with E-state index in [4.69, 9.17) is 11.5 Å². The molecule has 2 fully saturated rings. The van der Waals surface area contributed by atoms with E-state index in [9.17, 15) is 0 Å². The third kappa shape index (κ3) is 6.08. The first-order valence-corrected chi connectivity index (χ1v) is 16.9. The third-order valence-corrected chi connectivity index (χ3v) is 10.6. The highest BCUT2D eigenvalue weighted by Gasteiger charge is 2.95. The molecule has 0 spiro atoms. The van der Waals surface area contributed by atoms with Crippen LogP contribution >= 0.6 is 0 Å². The molecule has 2 aliphatic carbocycles. The monoisotopic (exact) mass is 804 g/mol. The smallest absolute Gasteiger partial charge is 0.385 e. The second-order valence-corrected chi connectivity index (χ2v) is 16.4. The lowest BCUT2D eigenvalue weighted by Crippen LogP contribution is -2.74. The minimum atomic E-state index is -8.54. The summed E-state index contributed by atoms with van der Waals surface area (Å²) in [6.45, 7) is 7.88. The average molecular weight is 805 g/mol. The minimum absolute atomic E-state index is 0.122. The van der Waals surface area contributed by atoms with Gasteiger partial charge in [-0.25, -0.2) is 0 Å². The Hall–Kier alpha value is -3.08. The van der Waals surface area contributed by atoms with Gasteiger partial charge in [-0.15, -0.1) is 0 Å². The number of rotatable bonds is 11. The van der Waals surface area contributed by atoms with Gasteiger partial charge in [-0.3, -0.25) is 0 Å². The Balaban J connectivity index is 1.85. The largest absolute Gasteiger partial charge is 0.398 e. The van der Waals surface area contributed by atoms with Gasteiger partial charge >= 0.3 is 47.4 Å². The van der Waals surface area contributed by atoms with Crippen molar-refractivity contribution in [1.82, 2.24) is 0 Å². The summed E-state index contributed by atoms with van der Waals surface area (Å²) >= 11 is 0. The first kappa shape index (κ1) is 43.6. The molecule has 0 amide bonds. The van der Waals surface area contributed by atoms with Crippen molar-refractivity contribution in [2.75, 3.05) is 11.5 Å². The van der Waals surface area contributed by atoms with Gasteiger partial charge in [0.2, 0.25) is 0 Å². The molecule has 0 bridgehead atoms. The molecule has 0 atom stereocenters. The lowest BCUT2D eigenvalue weighted by Gasteiger charge is -2.44. The first-order valence-electron chi connectivity index (χ1n) is 16.9. The van der Waals surface area contributed by atoms with Gasteiger partial charge in [-0.05, 0) is 94.9 Å². The van der Waals surface area contributed by atoms with Gasteiger partial charge in [0.15, 0.2) is 0 Å². The Labute approximate surface area is 301 Å². The Morgan fingerprint density at radius 3 is 0.852 bits per heavy atom. The summed E-state index contributed by atoms with van der Waals surface area (Å²) in [5.74, 6) is -63.8. The molecule has 4 N–H and O–H groups in total. The molecule has 2 nitrogen and oxygen atoms in total. The first-order chi connectivity index (χ1) is 24.0. The zero-order valence-corrected chi connectivity index (χ0v) is 29.9. The van der Waals surface area contributed by atoms with E-state index in [0.29, 0.717) is 12.8 Å². The summed E-state index contributed by atoms with van der Waals surface area (Å²) < 4.78 is 244. The molecule has 2 aliphatic rings. The second kappa shape index (κ2) is 12.7. The highest BCUT2D eigenvalue weighted by Crippen LogP contribution is 2.66. The van der Waals surface area contributed by atoms with E-state index in [1.165, 1.54) is 41.5 Å². The topological polar surface area (TPSA) is 52.0 Å². The molecule has 306 valence electrons. The standard InChI is InChI=1S/C36H40F16N2/c1-27(2,3)23-15-19(13-21(25(23)53)17-9-7-10-17)29(37,38)31(41,42)33(45,46)35(49,50)36(51,52)34(47,48)32(43,44)30(39,40)20-14-22(18-11-8-12-18)26(54)24(16-20)28(4,5)6/h13-18H,7-12,53-54H2,1-6H3. The van der Waals surface area contributed by atoms with Crippen molar-refractivity contribution in [3.63, 3.8) is 0 Å². The van der Waals surface area contributed by atoms with Gasteiger partial charge in [-0.1, -0.05) is 54.4 Å². The Morgan fingerprint density at radius 1 is 0.407 bits per heavy atom. The van der Waals surface area contributed by atoms with Crippen LogP contribution in [0.1, 0.15) is 125 Å². The van der Waals surface area contributed by atoms with E-state index >= 15 is 70.2 Å². The fourth-order valence-corrected chi connectivity index (χ4v) is 6.61. The van der Waals surface area contributed by atoms with E-state index in [1.807, 2.05) is 0 Å². The molecular weight excluding hydrogens is 764 g/mol. The van der Waals surface area contributed by atoms with Crippen molar-refractivity contribution in [1.29, 1.82) is 0 Å². The van der Waals surface area contributed by atoms with Gasteiger partial charge < -0.3 is 11.5 Å². The van der Waals surface area contributed by atoms with Crippen LogP contribution in [0.3, 0.4) is 0 Å². The normalized spacial score (nSPS) is 18.1. The van der Waals surface area contributed by atoms with Crippen LogP contribution in [-0.2, 0) is 22.7 Å². The number of alkyl halides is 16. The van der Waals surface area contributed by atoms with E-state index in [-0.39, 0.29) is 83.6 Å². The SMILES string of the molecule is CC(C)(C)c1cc(C(F)(F)C(F)(F)C(F)(F)C(F)(F)C(F)(F)C(F)(F)C(F)(F)C(F)(F)c2cc(C3CCC3)c(N)c(C(C)(C)C)c2)cc(C2CCC2)c1N. The van der Waals surface area contributed by atoms with Gasteiger partial charge in [0.1, 0.15) is 0 Å². The molecule has 0 heterocycles. The highest BCUT2D eigenvalue weighted by molar-refractivity contribution is 5.62. The maximum atomic E-state index is 15.5. The minimum Gasteiger partial charge on any atom is -0.398 e. The molecule has 0 aliphatic heterocycles. The number of hydrogen-bond donors (Lipinski definition) is 2. The van der Waals surface area contributed by atoms with Crippen LogP contribution < -0.4 is 11.5 Å². The fourth-order valence-electron chi connectivity index (χ4n) is 6.61. The van der Waals surface area contributed by atoms with Crippen LogP contribution in [0.5, 0.6) is 0 Å². The van der Waals surface area contributed by atoms with Crippen molar-refractivity contribution >= 4 is 11.4 Å². The maximum Gasteiger partial charge on any atom is 0.385 e. The van der Waals surface area contributed by atoms with Crippen molar-refractivity contribution in [2.45, 2.75) is 150 Å². The van der Waals surface area contributed by atoms with Gasteiger partial charge in [0.25, 0.3) is 0 Å². The average Bonchev–Trinajstić information content (AvgIpc) is 2.95. The van der Waals surface area contributed by atoms with Gasteiger partial charge in [-0.2, -0.15) is 70.2 Å². The predicted molar refractivity (Wildman–Crippen MR) is 170 cm³/mol. The number of hydrogen-bond acceptors (Lipinski definition) is 2. The predicted octanol–water partition coefficient (Wildman–Crippen LogP) is 12.7. The maximum absolute atomic E-state index is 15.5. The quantitative estimate of drug-likeness (QED) is 0.176. The molecule has 0 saturated heterocycles. The van der Waals surface area contributed by atoms with Crippen LogP contribution in [0.4, 0.5) is 81.6 Å². The summed E-state index contributed by atoms with van der Waals surface area (Å²) in [4.78, 5) is 0. The van der Waals surface area contributed by atoms with Crippen molar-refractivity contribution in [3.05, 3.63) is 57.6 Å². The van der Waals surface area contributed by atoms with Crippen molar-refractivity contribution < 1.29 is 70.2 Å². The molecule has 2 aromatic carbocycles. The Morgan fingerprint density at radius 2 is 0.648 bits per heavy atom. The van der Waals surface area contributed by atoms with Crippen LogP contribution in [-0.4, -0.2) is 35.5 Å².